The number of hydroxylamine groups is 2. The fourth-order valence-electron chi connectivity index (χ4n) is 2.69. The van der Waals surface area contributed by atoms with Crippen LogP contribution in [0.3, 0.4) is 0 Å². The van der Waals surface area contributed by atoms with Crippen molar-refractivity contribution in [2.45, 2.75) is 45.7 Å². The fraction of sp³-hybridized carbons (Fsp3) is 0.588. The highest BCUT2D eigenvalue weighted by Crippen LogP contribution is 2.40. The van der Waals surface area contributed by atoms with Crippen molar-refractivity contribution in [3.8, 4) is 0 Å². The maximum absolute atomic E-state index is 14.0. The molecule has 0 atom stereocenters. The number of rotatable bonds is 2. The molecule has 0 aromatic heterocycles. The number of carbonyl (C=O) groups excluding carboxylic acids is 1. The van der Waals surface area contributed by atoms with E-state index in [1.54, 1.807) is 20.8 Å². The van der Waals surface area contributed by atoms with Crippen LogP contribution in [0.2, 0.25) is 0 Å². The molecule has 24 heavy (non-hydrogen) atoms. The van der Waals surface area contributed by atoms with Gasteiger partial charge in [0.1, 0.15) is 5.82 Å². The van der Waals surface area contributed by atoms with Gasteiger partial charge in [0.05, 0.1) is 11.0 Å². The molecule has 7 heteroatoms. The zero-order valence-electron chi connectivity index (χ0n) is 13.9. The summed E-state index contributed by atoms with van der Waals surface area (Å²) in [5.41, 5.74) is -1.87. The maximum atomic E-state index is 14.0. The second kappa shape index (κ2) is 6.70. The van der Waals surface area contributed by atoms with Gasteiger partial charge < -0.3 is 4.84 Å². The Morgan fingerprint density at radius 2 is 1.75 bits per heavy atom. The Kier molecular flexibility index (Phi) is 5.22. The van der Waals surface area contributed by atoms with Gasteiger partial charge in [0.25, 0.3) is 0 Å². The molecule has 0 bridgehead atoms. The van der Waals surface area contributed by atoms with Crippen molar-refractivity contribution in [2.24, 2.45) is 5.41 Å². The van der Waals surface area contributed by atoms with Crippen LogP contribution in [0.25, 0.3) is 0 Å². The summed E-state index contributed by atoms with van der Waals surface area (Å²) >= 11 is 0. The van der Waals surface area contributed by atoms with E-state index in [9.17, 15) is 22.4 Å². The lowest BCUT2D eigenvalue weighted by molar-refractivity contribution is -0.204. The van der Waals surface area contributed by atoms with Crippen LogP contribution >= 0.6 is 0 Å². The maximum Gasteiger partial charge on any atom is 0.416 e. The Balaban J connectivity index is 2.10. The van der Waals surface area contributed by atoms with E-state index in [0.717, 1.165) is 18.2 Å². The monoisotopic (exact) mass is 347 g/mol. The lowest BCUT2D eigenvalue weighted by Gasteiger charge is -2.33. The van der Waals surface area contributed by atoms with Crippen molar-refractivity contribution in [3.63, 3.8) is 0 Å². The number of carbonyl (C=O) groups is 1. The van der Waals surface area contributed by atoms with E-state index in [-0.39, 0.29) is 18.7 Å². The molecule has 1 fully saturated rings. The Hall–Kier alpha value is -1.63. The van der Waals surface area contributed by atoms with E-state index in [4.69, 9.17) is 4.84 Å². The van der Waals surface area contributed by atoms with Gasteiger partial charge in [-0.05, 0) is 51.7 Å². The second-order valence-electron chi connectivity index (χ2n) is 7.03. The summed E-state index contributed by atoms with van der Waals surface area (Å²) in [6, 6.07) is 3.03. The number of nitrogens with zero attached hydrogens (tertiary/aromatic N) is 1. The number of hydrogen-bond acceptors (Lipinski definition) is 3. The van der Waals surface area contributed by atoms with Crippen molar-refractivity contribution < 1.29 is 27.2 Å². The number of benzene rings is 1. The minimum atomic E-state index is -4.59. The molecule has 0 saturated carbocycles. The molecule has 0 amide bonds. The largest absolute Gasteiger partial charge is 0.416 e. The predicted octanol–water partition coefficient (Wildman–Crippen LogP) is 4.53. The van der Waals surface area contributed by atoms with Crippen molar-refractivity contribution in [1.29, 1.82) is 0 Å². The van der Waals surface area contributed by atoms with E-state index >= 15 is 0 Å². The summed E-state index contributed by atoms with van der Waals surface area (Å²) in [6.07, 6.45) is -4.00. The number of piperidine rings is 1. The third-order valence-corrected chi connectivity index (χ3v) is 4.04. The predicted molar refractivity (Wildman–Crippen MR) is 80.5 cm³/mol. The summed E-state index contributed by atoms with van der Waals surface area (Å²) < 4.78 is 53.4. The zero-order valence-corrected chi connectivity index (χ0v) is 13.9. The first-order chi connectivity index (χ1) is 11.0. The van der Waals surface area contributed by atoms with Crippen molar-refractivity contribution >= 4 is 5.97 Å². The van der Waals surface area contributed by atoms with Crippen LogP contribution in [0, 0.1) is 11.2 Å². The van der Waals surface area contributed by atoms with E-state index in [1.165, 1.54) is 5.06 Å². The highest BCUT2D eigenvalue weighted by Gasteiger charge is 2.38. The molecule has 0 spiro atoms. The summed E-state index contributed by atoms with van der Waals surface area (Å²) in [5, 5.41) is 1.44. The number of halogens is 4. The molecule has 1 saturated heterocycles. The van der Waals surface area contributed by atoms with Gasteiger partial charge in [-0.2, -0.15) is 13.2 Å². The zero-order chi connectivity index (χ0) is 18.1. The van der Waals surface area contributed by atoms with Crippen LogP contribution < -0.4 is 0 Å². The van der Waals surface area contributed by atoms with E-state index in [1.807, 2.05) is 0 Å². The first-order valence-corrected chi connectivity index (χ1v) is 7.83. The van der Waals surface area contributed by atoms with E-state index in [2.05, 4.69) is 0 Å². The van der Waals surface area contributed by atoms with Crippen molar-refractivity contribution in [1.82, 2.24) is 5.06 Å². The van der Waals surface area contributed by atoms with Gasteiger partial charge in [-0.1, -0.05) is 6.07 Å². The number of hydrogen-bond donors (Lipinski definition) is 0. The summed E-state index contributed by atoms with van der Waals surface area (Å²) in [7, 11) is 0. The van der Waals surface area contributed by atoms with Gasteiger partial charge in [0.2, 0.25) is 0 Å². The van der Waals surface area contributed by atoms with Gasteiger partial charge in [0, 0.05) is 18.7 Å². The molecule has 3 nitrogen and oxygen atoms in total. The summed E-state index contributed by atoms with van der Waals surface area (Å²) in [6.45, 7) is 5.71. The third kappa shape index (κ3) is 4.26. The lowest BCUT2D eigenvalue weighted by Crippen LogP contribution is -2.38. The third-order valence-electron chi connectivity index (χ3n) is 4.04. The Labute approximate surface area is 138 Å². The Morgan fingerprint density at radius 3 is 2.25 bits per heavy atom. The second-order valence-corrected chi connectivity index (χ2v) is 7.03. The Bertz CT molecular complexity index is 600. The first-order valence-electron chi connectivity index (χ1n) is 7.83. The highest BCUT2D eigenvalue weighted by atomic mass is 19.4. The first kappa shape index (κ1) is 18.7. The smallest absolute Gasteiger partial charge is 0.367 e. The molecular formula is C17H21F4NO2. The van der Waals surface area contributed by atoms with Gasteiger partial charge in [-0.15, -0.1) is 5.06 Å². The quantitative estimate of drug-likeness (QED) is 0.736. The van der Waals surface area contributed by atoms with Gasteiger partial charge >= 0.3 is 12.1 Å². The van der Waals surface area contributed by atoms with Crippen LogP contribution in [0.5, 0.6) is 0 Å². The number of alkyl halides is 3. The molecule has 1 aliphatic rings. The molecule has 134 valence electrons. The molecular weight excluding hydrogens is 326 g/mol. The van der Waals surface area contributed by atoms with Gasteiger partial charge in [-0.3, -0.25) is 0 Å². The molecule has 0 unspecified atom stereocenters. The van der Waals surface area contributed by atoms with Crippen molar-refractivity contribution in [2.75, 3.05) is 13.1 Å². The van der Waals surface area contributed by atoms with E-state index < -0.39 is 34.9 Å². The fourth-order valence-corrected chi connectivity index (χ4v) is 2.69. The molecule has 1 aliphatic heterocycles. The van der Waals surface area contributed by atoms with Crippen LogP contribution in [0.4, 0.5) is 17.6 Å². The van der Waals surface area contributed by atoms with Crippen LogP contribution in [-0.2, 0) is 15.8 Å². The molecule has 0 aliphatic carbocycles. The standard InChI is InChI=1S/C17H21F4NO2/c1-16(2,3)15(23)24-22-9-7-11(8-10-22)14-12(17(19,20)21)5-4-6-13(14)18/h4-6,11H,7-10H2,1-3H3. The molecule has 1 heterocycles. The normalized spacial score (nSPS) is 17.8. The van der Waals surface area contributed by atoms with Crippen molar-refractivity contribution in [3.05, 3.63) is 35.1 Å². The summed E-state index contributed by atoms with van der Waals surface area (Å²) in [5.74, 6) is -1.79. The van der Waals surface area contributed by atoms with Crippen LogP contribution in [-0.4, -0.2) is 24.1 Å². The highest BCUT2D eigenvalue weighted by molar-refractivity contribution is 5.75. The minimum Gasteiger partial charge on any atom is -0.367 e. The van der Waals surface area contributed by atoms with Crippen LogP contribution in [0.1, 0.15) is 50.7 Å². The minimum absolute atomic E-state index is 0.276. The average Bonchev–Trinajstić information content (AvgIpc) is 2.46. The van der Waals surface area contributed by atoms with Crippen LogP contribution in [0.15, 0.2) is 18.2 Å². The van der Waals surface area contributed by atoms with Gasteiger partial charge in [0.15, 0.2) is 0 Å². The topological polar surface area (TPSA) is 29.5 Å². The Morgan fingerprint density at radius 1 is 1.17 bits per heavy atom. The lowest BCUT2D eigenvalue weighted by atomic mass is 9.86. The summed E-state index contributed by atoms with van der Waals surface area (Å²) in [4.78, 5) is 17.1. The molecule has 0 N–H and O–H groups in total. The van der Waals surface area contributed by atoms with E-state index in [0.29, 0.717) is 12.8 Å². The van der Waals surface area contributed by atoms with Gasteiger partial charge in [-0.25, -0.2) is 9.18 Å². The molecule has 1 aromatic rings. The molecule has 0 radical (unpaired) electrons. The average molecular weight is 347 g/mol. The molecule has 2 rings (SSSR count). The SMILES string of the molecule is CC(C)(C)C(=O)ON1CCC(c2c(F)cccc2C(F)(F)F)CC1. The molecule has 1 aromatic carbocycles.